The Balaban J connectivity index is 3.08. The summed E-state index contributed by atoms with van der Waals surface area (Å²) in [6.45, 7) is 0. The van der Waals surface area contributed by atoms with Crippen LogP contribution in [-0.2, 0) is 11.2 Å². The van der Waals surface area contributed by atoms with Crippen LogP contribution < -0.4 is 4.74 Å². The van der Waals surface area contributed by atoms with Gasteiger partial charge in [-0.2, -0.15) is 0 Å². The average Bonchev–Trinajstić information content (AvgIpc) is 2.28. The highest BCUT2D eigenvalue weighted by atomic mass is 79.9. The predicted molar refractivity (Wildman–Crippen MR) is 60.5 cm³/mol. The van der Waals surface area contributed by atoms with Crippen LogP contribution in [0, 0.1) is 0 Å². The second-order valence-electron chi connectivity index (χ2n) is 3.19. The van der Waals surface area contributed by atoms with E-state index in [4.69, 9.17) is 4.74 Å². The van der Waals surface area contributed by atoms with Crippen molar-refractivity contribution < 1.29 is 18.3 Å². The van der Waals surface area contributed by atoms with Crippen molar-refractivity contribution in [3.63, 3.8) is 0 Å². The largest absolute Gasteiger partial charge is 0.496 e. The van der Waals surface area contributed by atoms with Crippen LogP contribution in [0.3, 0.4) is 0 Å². The molecule has 0 amide bonds. The van der Waals surface area contributed by atoms with Crippen LogP contribution in [0.5, 0.6) is 5.75 Å². The van der Waals surface area contributed by atoms with Crippen LogP contribution in [0.1, 0.15) is 17.6 Å². The Bertz CT molecular complexity index is 380. The number of ether oxygens (including phenoxy) is 1. The molecule has 0 bridgehead atoms. The number of benzene rings is 1. The first-order valence-electron chi connectivity index (χ1n) is 4.61. The van der Waals surface area contributed by atoms with Crippen LogP contribution in [-0.4, -0.2) is 18.2 Å². The van der Waals surface area contributed by atoms with Gasteiger partial charge in [0.15, 0.2) is 0 Å². The number of methoxy groups -OCH3 is 1. The van der Waals surface area contributed by atoms with Gasteiger partial charge in [0.05, 0.1) is 18.0 Å². The quantitative estimate of drug-likeness (QED) is 0.780. The number of carbonyl (C=O) groups is 1. The highest BCUT2D eigenvalue weighted by Crippen LogP contribution is 2.32. The fourth-order valence-electron chi connectivity index (χ4n) is 1.42. The fraction of sp³-hybridized carbons (Fsp3) is 0.364. The number of para-hydroxylation sites is 1. The van der Waals surface area contributed by atoms with Crippen molar-refractivity contribution in [2.45, 2.75) is 12.8 Å². The molecule has 0 aliphatic rings. The topological polar surface area (TPSA) is 26.3 Å². The molecule has 0 fully saturated rings. The Morgan fingerprint density at radius 2 is 2.19 bits per heavy atom. The molecule has 0 aliphatic heterocycles. The third-order valence-electron chi connectivity index (χ3n) is 2.10. The monoisotopic (exact) mass is 292 g/mol. The molecule has 0 N–H and O–H groups in total. The minimum absolute atomic E-state index is 0.0790. The molecule has 0 spiro atoms. The van der Waals surface area contributed by atoms with E-state index in [0.717, 1.165) is 0 Å². The second-order valence-corrected chi connectivity index (χ2v) is 3.75. The van der Waals surface area contributed by atoms with Crippen LogP contribution in [0.2, 0.25) is 0 Å². The minimum atomic E-state index is -2.60. The van der Waals surface area contributed by atoms with E-state index in [0.29, 0.717) is 5.56 Å². The van der Waals surface area contributed by atoms with E-state index in [-0.39, 0.29) is 28.8 Å². The van der Waals surface area contributed by atoms with E-state index in [1.807, 2.05) is 0 Å². The van der Waals surface area contributed by atoms with Gasteiger partial charge in [-0.15, -0.1) is 0 Å². The predicted octanol–water partition coefficient (Wildman–Crippen LogP) is 3.14. The smallest absolute Gasteiger partial charge is 0.267 e. The number of ketones is 1. The lowest BCUT2D eigenvalue weighted by molar-refractivity contribution is -0.115. The van der Waals surface area contributed by atoms with Crippen molar-refractivity contribution in [2.24, 2.45) is 0 Å². The maximum absolute atomic E-state index is 12.6. The van der Waals surface area contributed by atoms with Gasteiger partial charge in [0.25, 0.3) is 6.43 Å². The molecule has 0 aromatic heterocycles. The van der Waals surface area contributed by atoms with Gasteiger partial charge in [0.2, 0.25) is 0 Å². The first kappa shape index (κ1) is 13.1. The number of halogens is 3. The number of hydrogen-bond donors (Lipinski definition) is 0. The summed E-state index contributed by atoms with van der Waals surface area (Å²) in [5.74, 6) is 0.0246. The zero-order chi connectivity index (χ0) is 12.1. The number of carbonyl (C=O) groups excluding carboxylic acids is 1. The Hall–Kier alpha value is -0.970. The molecule has 0 radical (unpaired) electrons. The summed E-state index contributed by atoms with van der Waals surface area (Å²) in [6.07, 6.45) is -2.51. The van der Waals surface area contributed by atoms with Crippen molar-refractivity contribution >= 4 is 21.7 Å². The molecule has 16 heavy (non-hydrogen) atoms. The first-order chi connectivity index (χ1) is 7.60. The van der Waals surface area contributed by atoms with Crippen molar-refractivity contribution in [1.82, 2.24) is 0 Å². The van der Waals surface area contributed by atoms with E-state index in [1.165, 1.54) is 19.2 Å². The van der Waals surface area contributed by atoms with Gasteiger partial charge in [-0.3, -0.25) is 4.79 Å². The Kier molecular flexibility index (Phi) is 4.86. The Morgan fingerprint density at radius 3 is 2.69 bits per heavy atom. The Labute approximate surface area is 101 Å². The number of alkyl halides is 3. The normalized spacial score (nSPS) is 10.6. The summed E-state index contributed by atoms with van der Waals surface area (Å²) < 4.78 is 30.2. The van der Waals surface area contributed by atoms with E-state index < -0.39 is 6.43 Å². The molecule has 0 saturated carbocycles. The lowest BCUT2D eigenvalue weighted by atomic mass is 10.0. The van der Waals surface area contributed by atoms with Crippen molar-refractivity contribution in [3.8, 4) is 5.75 Å². The molecular formula is C11H11BrF2O2. The summed E-state index contributed by atoms with van der Waals surface area (Å²) in [5.41, 5.74) is 0.312. The minimum Gasteiger partial charge on any atom is -0.496 e. The van der Waals surface area contributed by atoms with E-state index in [2.05, 4.69) is 15.9 Å². The average molecular weight is 293 g/mol. The zero-order valence-corrected chi connectivity index (χ0v) is 10.3. The molecule has 2 nitrogen and oxygen atoms in total. The molecule has 5 heteroatoms. The molecular weight excluding hydrogens is 282 g/mol. The molecule has 0 aliphatic carbocycles. The molecule has 0 atom stereocenters. The van der Waals surface area contributed by atoms with Gasteiger partial charge in [0, 0.05) is 12.0 Å². The Morgan fingerprint density at radius 1 is 1.50 bits per heavy atom. The van der Waals surface area contributed by atoms with Crippen LogP contribution >= 0.6 is 15.9 Å². The van der Waals surface area contributed by atoms with Gasteiger partial charge < -0.3 is 4.74 Å². The lowest BCUT2D eigenvalue weighted by Crippen LogP contribution is -2.06. The summed E-state index contributed by atoms with van der Waals surface area (Å²) in [6, 6.07) is 4.41. The second kappa shape index (κ2) is 5.94. The maximum atomic E-state index is 12.6. The summed E-state index contributed by atoms with van der Waals surface area (Å²) >= 11 is 3.03. The summed E-state index contributed by atoms with van der Waals surface area (Å²) in [5, 5.41) is 0.203. The third-order valence-corrected chi connectivity index (χ3v) is 2.73. The standard InChI is InChI=1S/C11H11BrF2O2/c1-16-10-7(5-8(15)6-12)3-2-4-9(10)11(13)14/h2-4,11H,5-6H2,1H3. The van der Waals surface area contributed by atoms with E-state index >= 15 is 0 Å². The first-order valence-corrected chi connectivity index (χ1v) is 5.74. The molecule has 88 valence electrons. The van der Waals surface area contributed by atoms with Crippen LogP contribution in [0.4, 0.5) is 8.78 Å². The van der Waals surface area contributed by atoms with Gasteiger partial charge in [-0.25, -0.2) is 8.78 Å². The number of rotatable bonds is 5. The van der Waals surface area contributed by atoms with Gasteiger partial charge in [-0.05, 0) is 6.07 Å². The molecule has 0 unspecified atom stereocenters. The van der Waals surface area contributed by atoms with Crippen LogP contribution in [0.15, 0.2) is 18.2 Å². The van der Waals surface area contributed by atoms with Crippen molar-refractivity contribution in [3.05, 3.63) is 29.3 Å². The summed E-state index contributed by atoms with van der Waals surface area (Å²) in [7, 11) is 1.32. The van der Waals surface area contributed by atoms with E-state index in [9.17, 15) is 13.6 Å². The third kappa shape index (κ3) is 3.01. The lowest BCUT2D eigenvalue weighted by Gasteiger charge is -2.12. The number of hydrogen-bond acceptors (Lipinski definition) is 2. The highest BCUT2D eigenvalue weighted by molar-refractivity contribution is 9.09. The van der Waals surface area contributed by atoms with Gasteiger partial charge >= 0.3 is 0 Å². The fourth-order valence-corrected chi connectivity index (χ4v) is 1.62. The van der Waals surface area contributed by atoms with E-state index in [1.54, 1.807) is 6.07 Å². The molecule has 1 aromatic carbocycles. The van der Waals surface area contributed by atoms with Crippen LogP contribution in [0.25, 0.3) is 0 Å². The van der Waals surface area contributed by atoms with Gasteiger partial charge in [-0.1, -0.05) is 28.1 Å². The van der Waals surface area contributed by atoms with Crippen molar-refractivity contribution in [2.75, 3.05) is 12.4 Å². The van der Waals surface area contributed by atoms with Crippen molar-refractivity contribution in [1.29, 1.82) is 0 Å². The summed E-state index contributed by atoms with van der Waals surface area (Å²) in [4.78, 5) is 11.2. The SMILES string of the molecule is COc1c(CC(=O)CBr)cccc1C(F)F. The van der Waals surface area contributed by atoms with Gasteiger partial charge in [0.1, 0.15) is 11.5 Å². The number of Topliss-reactive ketones (excluding diaryl/α,β-unsaturated/α-hetero) is 1. The molecule has 0 heterocycles. The molecule has 0 saturated heterocycles. The maximum Gasteiger partial charge on any atom is 0.267 e. The highest BCUT2D eigenvalue weighted by Gasteiger charge is 2.17. The zero-order valence-electron chi connectivity index (χ0n) is 8.67. The molecule has 1 rings (SSSR count). The molecule has 1 aromatic rings.